The number of hydrogen-bond donors (Lipinski definition) is 0. The molecule has 0 radical (unpaired) electrons. The first-order chi connectivity index (χ1) is 30.6. The van der Waals surface area contributed by atoms with Crippen LogP contribution in [0.5, 0.6) is 0 Å². The normalized spacial score (nSPS) is 14.6. The highest BCUT2D eigenvalue weighted by molar-refractivity contribution is 6.62. The molecule has 0 atom stereocenters. The lowest BCUT2D eigenvalue weighted by Gasteiger charge is -2.32. The van der Waals surface area contributed by atoms with E-state index in [0.29, 0.717) is 0 Å². The average Bonchev–Trinajstić information content (AvgIpc) is 3.56. The maximum Gasteiger partial charge on any atom is 0.494 e. The molecule has 0 bridgehead atoms. The third-order valence-electron chi connectivity index (χ3n) is 12.5. The van der Waals surface area contributed by atoms with Crippen LogP contribution in [0.25, 0.3) is 83.7 Å². The Morgan fingerprint density at radius 1 is 0.444 bits per heavy atom. The fraction of sp³-hybridized carbons (Fsp3) is 0.138. The molecule has 308 valence electrons. The Kier molecular flexibility index (Phi) is 11.5. The Labute approximate surface area is 372 Å². The SMILES string of the molecule is C/C=C\C(=C/C)c1cc(-c2ccccc2)ncc1-c1ccccc1-c1cc(B2OC(C)(C)C(C)(C)O2)cc(-c2ccccc2-c2cnc(-c3ccccc3)cc2-c2ccccc2)c1. The minimum atomic E-state index is -0.577. The summed E-state index contributed by atoms with van der Waals surface area (Å²) in [5, 5.41) is 0. The number of allylic oxidation sites excluding steroid dienone is 4. The molecule has 0 N–H and O–H groups in total. The van der Waals surface area contributed by atoms with E-state index in [-0.39, 0.29) is 0 Å². The van der Waals surface area contributed by atoms with Crippen molar-refractivity contribution in [1.82, 2.24) is 9.97 Å². The molecule has 0 unspecified atom stereocenters. The molecule has 0 saturated carbocycles. The van der Waals surface area contributed by atoms with E-state index >= 15 is 0 Å². The van der Waals surface area contributed by atoms with Crippen LogP contribution in [0.2, 0.25) is 0 Å². The van der Waals surface area contributed by atoms with Gasteiger partial charge >= 0.3 is 7.12 Å². The van der Waals surface area contributed by atoms with E-state index < -0.39 is 18.3 Å². The Bertz CT molecular complexity index is 2960. The highest BCUT2D eigenvalue weighted by atomic mass is 16.7. The Morgan fingerprint density at radius 3 is 1.40 bits per heavy atom. The van der Waals surface area contributed by atoms with Crippen molar-refractivity contribution >= 4 is 18.2 Å². The number of hydrogen-bond acceptors (Lipinski definition) is 4. The lowest BCUT2D eigenvalue weighted by atomic mass is 9.75. The first-order valence-corrected chi connectivity index (χ1v) is 21.8. The van der Waals surface area contributed by atoms with Gasteiger partial charge in [-0.25, -0.2) is 0 Å². The molecule has 1 fully saturated rings. The van der Waals surface area contributed by atoms with Crippen LogP contribution >= 0.6 is 0 Å². The Morgan fingerprint density at radius 2 is 0.889 bits per heavy atom. The second-order valence-corrected chi connectivity index (χ2v) is 17.1. The van der Waals surface area contributed by atoms with Crippen molar-refractivity contribution in [3.63, 3.8) is 0 Å². The van der Waals surface area contributed by atoms with Crippen LogP contribution in [0.15, 0.2) is 200 Å². The van der Waals surface area contributed by atoms with Crippen LogP contribution in [0.3, 0.4) is 0 Å². The molecule has 5 heteroatoms. The average molecular weight is 819 g/mol. The molecule has 2 aromatic heterocycles. The van der Waals surface area contributed by atoms with Crippen LogP contribution in [0, 0.1) is 0 Å². The molecule has 1 aliphatic rings. The smallest absolute Gasteiger partial charge is 0.399 e. The predicted octanol–water partition coefficient (Wildman–Crippen LogP) is 14.4. The predicted molar refractivity (Wildman–Crippen MR) is 264 cm³/mol. The minimum absolute atomic E-state index is 0.517. The van der Waals surface area contributed by atoms with Gasteiger partial charge in [0.15, 0.2) is 0 Å². The number of rotatable bonds is 10. The number of benzene rings is 6. The van der Waals surface area contributed by atoms with Gasteiger partial charge < -0.3 is 9.31 Å². The molecule has 6 aromatic carbocycles. The second kappa shape index (κ2) is 17.5. The standard InChI is InChI=1S/C58H51BN2O2/c1-7-22-40(8-2)51-36-55(42-25-14-10-15-26-42)60-38-53(51)49-31-20-18-29-47(49)44-33-45(35-46(34-44)59-62-57(3,4)58(5,6)63-59)48-30-19-21-32-50(48)54-39-61-56(43-27-16-11-17-28-43)37-52(54)41-23-12-9-13-24-41/h7-39H,1-6H3/b22-7-,40-8+. The summed E-state index contributed by atoms with van der Waals surface area (Å²) in [4.78, 5) is 10.2. The number of aromatic nitrogens is 2. The maximum absolute atomic E-state index is 6.78. The molecule has 63 heavy (non-hydrogen) atoms. The van der Waals surface area contributed by atoms with Gasteiger partial charge in [-0.05, 0) is 121 Å². The van der Waals surface area contributed by atoms with E-state index in [0.717, 1.165) is 94.7 Å². The summed E-state index contributed by atoms with van der Waals surface area (Å²) in [6.07, 6.45) is 10.5. The summed E-state index contributed by atoms with van der Waals surface area (Å²) in [5.74, 6) is 0. The van der Waals surface area contributed by atoms with Gasteiger partial charge in [-0.15, -0.1) is 0 Å². The summed E-state index contributed by atoms with van der Waals surface area (Å²) in [6, 6.07) is 59.9. The highest BCUT2D eigenvalue weighted by Crippen LogP contribution is 2.43. The summed E-state index contributed by atoms with van der Waals surface area (Å²) < 4.78 is 13.6. The van der Waals surface area contributed by atoms with Crippen LogP contribution in [-0.2, 0) is 9.31 Å². The van der Waals surface area contributed by atoms with Crippen LogP contribution in [-0.4, -0.2) is 28.3 Å². The third kappa shape index (κ3) is 8.26. The van der Waals surface area contributed by atoms with Gasteiger partial charge in [-0.3, -0.25) is 9.97 Å². The maximum atomic E-state index is 6.78. The topological polar surface area (TPSA) is 44.2 Å². The second-order valence-electron chi connectivity index (χ2n) is 17.1. The van der Waals surface area contributed by atoms with Gasteiger partial charge in [0, 0.05) is 34.6 Å². The van der Waals surface area contributed by atoms with Gasteiger partial charge in [0.2, 0.25) is 0 Å². The third-order valence-corrected chi connectivity index (χ3v) is 12.5. The molecule has 9 rings (SSSR count). The fourth-order valence-electron chi connectivity index (χ4n) is 8.51. The first-order valence-electron chi connectivity index (χ1n) is 21.8. The van der Waals surface area contributed by atoms with E-state index in [4.69, 9.17) is 19.3 Å². The Balaban J connectivity index is 1.26. The molecule has 0 amide bonds. The first kappa shape index (κ1) is 41.4. The summed E-state index contributed by atoms with van der Waals surface area (Å²) in [6.45, 7) is 12.6. The lowest BCUT2D eigenvalue weighted by Crippen LogP contribution is -2.41. The molecule has 8 aromatic rings. The molecule has 3 heterocycles. The highest BCUT2D eigenvalue weighted by Gasteiger charge is 2.52. The summed E-state index contributed by atoms with van der Waals surface area (Å²) in [5.41, 5.74) is 17.0. The van der Waals surface area contributed by atoms with Crippen molar-refractivity contribution in [3.05, 3.63) is 206 Å². The zero-order valence-corrected chi connectivity index (χ0v) is 36.8. The number of pyridine rings is 2. The summed E-state index contributed by atoms with van der Waals surface area (Å²) >= 11 is 0. The van der Waals surface area contributed by atoms with E-state index in [1.807, 2.05) is 24.5 Å². The Hall–Kier alpha value is -6.92. The van der Waals surface area contributed by atoms with Crippen LogP contribution < -0.4 is 5.46 Å². The molecular weight excluding hydrogens is 767 g/mol. The lowest BCUT2D eigenvalue weighted by molar-refractivity contribution is 0.00578. The molecule has 0 aliphatic carbocycles. The number of nitrogens with zero attached hydrogens (tertiary/aromatic N) is 2. The quantitative estimate of drug-likeness (QED) is 0.102. The molecule has 0 spiro atoms. The van der Waals surface area contributed by atoms with Crippen molar-refractivity contribution in [2.24, 2.45) is 0 Å². The zero-order chi connectivity index (χ0) is 43.6. The van der Waals surface area contributed by atoms with Crippen molar-refractivity contribution < 1.29 is 9.31 Å². The van der Waals surface area contributed by atoms with E-state index in [1.54, 1.807) is 0 Å². The molecule has 1 saturated heterocycles. The summed E-state index contributed by atoms with van der Waals surface area (Å²) in [7, 11) is -0.577. The van der Waals surface area contributed by atoms with Crippen molar-refractivity contribution in [2.75, 3.05) is 0 Å². The van der Waals surface area contributed by atoms with Gasteiger partial charge in [0.05, 0.1) is 22.6 Å². The zero-order valence-electron chi connectivity index (χ0n) is 36.8. The van der Waals surface area contributed by atoms with E-state index in [1.165, 1.54) is 0 Å². The van der Waals surface area contributed by atoms with E-state index in [9.17, 15) is 0 Å². The van der Waals surface area contributed by atoms with Gasteiger partial charge in [0.1, 0.15) is 0 Å². The molecule has 4 nitrogen and oxygen atoms in total. The minimum Gasteiger partial charge on any atom is -0.399 e. The van der Waals surface area contributed by atoms with Crippen molar-refractivity contribution in [1.29, 1.82) is 0 Å². The monoisotopic (exact) mass is 818 g/mol. The van der Waals surface area contributed by atoms with E-state index in [2.05, 4.69) is 217 Å². The van der Waals surface area contributed by atoms with Crippen molar-refractivity contribution in [3.8, 4) is 78.1 Å². The van der Waals surface area contributed by atoms with Gasteiger partial charge in [0.25, 0.3) is 0 Å². The van der Waals surface area contributed by atoms with Crippen LogP contribution in [0.4, 0.5) is 0 Å². The molecule has 1 aliphatic heterocycles. The van der Waals surface area contributed by atoms with Crippen LogP contribution in [0.1, 0.15) is 47.1 Å². The van der Waals surface area contributed by atoms with Crippen molar-refractivity contribution in [2.45, 2.75) is 52.7 Å². The largest absolute Gasteiger partial charge is 0.494 e. The fourth-order valence-corrected chi connectivity index (χ4v) is 8.51. The van der Waals surface area contributed by atoms with Gasteiger partial charge in [-0.1, -0.05) is 170 Å². The molecular formula is C58H51BN2O2. The van der Waals surface area contributed by atoms with Gasteiger partial charge in [-0.2, -0.15) is 0 Å².